The number of carbonyl (C=O) groups is 1. The van der Waals surface area contributed by atoms with Crippen molar-refractivity contribution in [1.29, 1.82) is 0 Å². The van der Waals surface area contributed by atoms with E-state index >= 15 is 0 Å². The number of nitrogens with one attached hydrogen (secondary N) is 1. The number of hydrogen-bond donors (Lipinski definition) is 1. The third kappa shape index (κ3) is 2.18. The summed E-state index contributed by atoms with van der Waals surface area (Å²) in [6, 6.07) is 17.0. The Morgan fingerprint density at radius 3 is 2.35 bits per heavy atom. The van der Waals surface area contributed by atoms with Gasteiger partial charge in [-0.25, -0.2) is 0 Å². The first-order chi connectivity index (χ1) is 9.66. The molecule has 1 aliphatic heterocycles. The molecular formula is C16H14N2OS. The molecule has 0 unspecified atom stereocenters. The predicted octanol–water partition coefficient (Wildman–Crippen LogP) is 2.96. The highest BCUT2D eigenvalue weighted by molar-refractivity contribution is 7.80. The molecule has 0 radical (unpaired) electrons. The predicted molar refractivity (Wildman–Crippen MR) is 83.6 cm³/mol. The molecule has 0 spiro atoms. The van der Waals surface area contributed by atoms with E-state index in [4.69, 9.17) is 12.2 Å². The monoisotopic (exact) mass is 282 g/mol. The van der Waals surface area contributed by atoms with Crippen molar-refractivity contribution < 1.29 is 4.79 Å². The third-order valence-corrected chi connectivity index (χ3v) is 3.66. The normalized spacial score (nSPS) is 18.2. The highest BCUT2D eigenvalue weighted by atomic mass is 32.1. The number of amides is 1. The number of benzene rings is 2. The molecule has 1 aliphatic rings. The molecule has 3 rings (SSSR count). The lowest BCUT2D eigenvalue weighted by molar-refractivity contribution is -0.118. The zero-order chi connectivity index (χ0) is 14.1. The minimum Gasteiger partial charge on any atom is -0.346 e. The molecule has 1 fully saturated rings. The van der Waals surface area contributed by atoms with E-state index in [1.165, 1.54) is 0 Å². The van der Waals surface area contributed by atoms with Crippen LogP contribution >= 0.6 is 12.2 Å². The lowest BCUT2D eigenvalue weighted by Gasteiger charge is -2.15. The van der Waals surface area contributed by atoms with Crippen molar-refractivity contribution in [1.82, 2.24) is 5.32 Å². The van der Waals surface area contributed by atoms with Gasteiger partial charge >= 0.3 is 0 Å². The summed E-state index contributed by atoms with van der Waals surface area (Å²) in [6.07, 6.45) is 0. The molecule has 1 heterocycles. The first-order valence-electron chi connectivity index (χ1n) is 6.43. The Bertz CT molecular complexity index is 652. The molecule has 2 aromatic carbocycles. The molecule has 0 aromatic heterocycles. The van der Waals surface area contributed by atoms with Crippen molar-refractivity contribution in [3.8, 4) is 0 Å². The number of aryl methyl sites for hydroxylation is 1. The Kier molecular flexibility index (Phi) is 3.24. The standard InChI is InChI=1S/C16H14N2OS/c1-11-7-9-13(10-8-11)18-15(19)14(17-16(18)20)12-5-3-2-4-6-12/h2-10,14H,1H3,(H,17,20)/t14-/m1/s1. The third-order valence-electron chi connectivity index (χ3n) is 3.36. The van der Waals surface area contributed by atoms with Crippen LogP contribution in [0.5, 0.6) is 0 Å². The van der Waals surface area contributed by atoms with Gasteiger partial charge in [-0.05, 0) is 36.8 Å². The first kappa shape index (κ1) is 12.8. The van der Waals surface area contributed by atoms with Crippen LogP contribution in [-0.2, 0) is 4.79 Å². The van der Waals surface area contributed by atoms with Gasteiger partial charge in [0.15, 0.2) is 5.11 Å². The van der Waals surface area contributed by atoms with Gasteiger partial charge < -0.3 is 5.32 Å². The summed E-state index contributed by atoms with van der Waals surface area (Å²) in [5.74, 6) is -0.0370. The second-order valence-corrected chi connectivity index (χ2v) is 5.19. The van der Waals surface area contributed by atoms with Gasteiger partial charge in [-0.1, -0.05) is 48.0 Å². The summed E-state index contributed by atoms with van der Waals surface area (Å²) in [5.41, 5.74) is 2.88. The van der Waals surface area contributed by atoms with Crippen LogP contribution in [0.4, 0.5) is 5.69 Å². The zero-order valence-electron chi connectivity index (χ0n) is 11.0. The van der Waals surface area contributed by atoms with Crippen LogP contribution in [0.3, 0.4) is 0 Å². The molecule has 0 aliphatic carbocycles. The molecular weight excluding hydrogens is 268 g/mol. The van der Waals surface area contributed by atoms with Gasteiger partial charge in [0.25, 0.3) is 5.91 Å². The molecule has 1 amide bonds. The number of hydrogen-bond acceptors (Lipinski definition) is 2. The van der Waals surface area contributed by atoms with Gasteiger partial charge in [-0.3, -0.25) is 9.69 Å². The minimum atomic E-state index is -0.398. The fourth-order valence-electron chi connectivity index (χ4n) is 2.29. The van der Waals surface area contributed by atoms with Crippen molar-refractivity contribution in [2.75, 3.05) is 4.90 Å². The molecule has 2 aromatic rings. The Balaban J connectivity index is 1.93. The average Bonchev–Trinajstić information content (AvgIpc) is 2.76. The quantitative estimate of drug-likeness (QED) is 0.860. The van der Waals surface area contributed by atoms with Gasteiger partial charge in [0.2, 0.25) is 0 Å². The molecule has 3 nitrogen and oxygen atoms in total. The molecule has 1 N–H and O–H groups in total. The van der Waals surface area contributed by atoms with Crippen molar-refractivity contribution in [2.45, 2.75) is 13.0 Å². The number of nitrogens with zero attached hydrogens (tertiary/aromatic N) is 1. The van der Waals surface area contributed by atoms with Crippen LogP contribution in [0.25, 0.3) is 0 Å². The molecule has 0 saturated carbocycles. The topological polar surface area (TPSA) is 32.3 Å². The van der Waals surface area contributed by atoms with Gasteiger partial charge in [0, 0.05) is 0 Å². The lowest BCUT2D eigenvalue weighted by atomic mass is 10.1. The van der Waals surface area contributed by atoms with Crippen LogP contribution in [0, 0.1) is 6.92 Å². The van der Waals surface area contributed by atoms with Gasteiger partial charge in [-0.15, -0.1) is 0 Å². The van der Waals surface area contributed by atoms with Crippen LogP contribution in [0.15, 0.2) is 54.6 Å². The van der Waals surface area contributed by atoms with Crippen molar-refractivity contribution in [2.24, 2.45) is 0 Å². The zero-order valence-corrected chi connectivity index (χ0v) is 11.9. The smallest absolute Gasteiger partial charge is 0.260 e. The minimum absolute atomic E-state index is 0.0370. The van der Waals surface area contributed by atoms with E-state index in [2.05, 4.69) is 5.32 Å². The lowest BCUT2D eigenvalue weighted by Crippen LogP contribution is -2.30. The van der Waals surface area contributed by atoms with Crippen LogP contribution < -0.4 is 10.2 Å². The van der Waals surface area contributed by atoms with E-state index in [1.807, 2.05) is 61.5 Å². The second kappa shape index (κ2) is 5.06. The molecule has 1 saturated heterocycles. The maximum Gasteiger partial charge on any atom is 0.260 e. The van der Waals surface area contributed by atoms with Crippen LogP contribution in [-0.4, -0.2) is 11.0 Å². The number of thiocarbonyl (C=S) groups is 1. The van der Waals surface area contributed by atoms with Crippen LogP contribution in [0.1, 0.15) is 17.2 Å². The summed E-state index contributed by atoms with van der Waals surface area (Å²) < 4.78 is 0. The second-order valence-electron chi connectivity index (χ2n) is 4.80. The van der Waals surface area contributed by atoms with E-state index < -0.39 is 6.04 Å². The first-order valence-corrected chi connectivity index (χ1v) is 6.84. The summed E-state index contributed by atoms with van der Waals surface area (Å²) in [6.45, 7) is 2.01. The number of rotatable bonds is 2. The van der Waals surface area contributed by atoms with E-state index in [0.29, 0.717) is 5.11 Å². The van der Waals surface area contributed by atoms with E-state index in [9.17, 15) is 4.79 Å². The molecule has 1 atom stereocenters. The largest absolute Gasteiger partial charge is 0.346 e. The molecule has 0 bridgehead atoms. The Hall–Kier alpha value is -2.20. The maximum atomic E-state index is 12.6. The highest BCUT2D eigenvalue weighted by Crippen LogP contribution is 2.27. The van der Waals surface area contributed by atoms with Gasteiger partial charge in [-0.2, -0.15) is 0 Å². The van der Waals surface area contributed by atoms with Crippen LogP contribution in [0.2, 0.25) is 0 Å². The molecule has 100 valence electrons. The fraction of sp³-hybridized carbons (Fsp3) is 0.125. The highest BCUT2D eigenvalue weighted by Gasteiger charge is 2.37. The van der Waals surface area contributed by atoms with Crippen molar-refractivity contribution in [3.63, 3.8) is 0 Å². The maximum absolute atomic E-state index is 12.6. The van der Waals surface area contributed by atoms with E-state index in [0.717, 1.165) is 16.8 Å². The Labute approximate surface area is 123 Å². The SMILES string of the molecule is Cc1ccc(N2C(=O)[C@@H](c3ccccc3)NC2=S)cc1. The Morgan fingerprint density at radius 2 is 1.70 bits per heavy atom. The fourth-order valence-corrected chi connectivity index (χ4v) is 2.60. The average molecular weight is 282 g/mol. The number of carbonyl (C=O) groups excluding carboxylic acids is 1. The summed E-state index contributed by atoms with van der Waals surface area (Å²) in [7, 11) is 0. The number of anilines is 1. The Morgan fingerprint density at radius 1 is 1.05 bits per heavy atom. The van der Waals surface area contributed by atoms with Gasteiger partial charge in [0.1, 0.15) is 6.04 Å². The summed E-state index contributed by atoms with van der Waals surface area (Å²) in [4.78, 5) is 14.1. The summed E-state index contributed by atoms with van der Waals surface area (Å²) >= 11 is 5.30. The van der Waals surface area contributed by atoms with E-state index in [-0.39, 0.29) is 5.91 Å². The van der Waals surface area contributed by atoms with Crippen molar-refractivity contribution in [3.05, 3.63) is 65.7 Å². The van der Waals surface area contributed by atoms with E-state index in [1.54, 1.807) is 4.90 Å². The molecule has 20 heavy (non-hydrogen) atoms. The van der Waals surface area contributed by atoms with Crippen molar-refractivity contribution >= 4 is 28.9 Å². The summed E-state index contributed by atoms with van der Waals surface area (Å²) in [5, 5.41) is 3.54. The van der Waals surface area contributed by atoms with Gasteiger partial charge in [0.05, 0.1) is 5.69 Å². The molecule has 4 heteroatoms.